The maximum atomic E-state index is 5.93. The summed E-state index contributed by atoms with van der Waals surface area (Å²) in [6, 6.07) is 0. The lowest BCUT2D eigenvalue weighted by Gasteiger charge is -2.15. The van der Waals surface area contributed by atoms with Crippen LogP contribution >= 0.6 is 0 Å². The molecule has 0 aromatic rings. The molecule has 0 saturated heterocycles. The van der Waals surface area contributed by atoms with E-state index in [-0.39, 0.29) is 0 Å². The summed E-state index contributed by atoms with van der Waals surface area (Å²) in [5.41, 5.74) is 6.84. The van der Waals surface area contributed by atoms with Crippen LogP contribution in [0.25, 0.3) is 0 Å². The van der Waals surface area contributed by atoms with Gasteiger partial charge in [-0.3, -0.25) is 0 Å². The summed E-state index contributed by atoms with van der Waals surface area (Å²) >= 11 is 0. The summed E-state index contributed by atoms with van der Waals surface area (Å²) in [5, 5.41) is 1.75. The first-order valence-corrected chi connectivity index (χ1v) is 7.57. The second-order valence-corrected chi connectivity index (χ2v) is 5.41. The lowest BCUT2D eigenvalue weighted by Crippen LogP contribution is -2.27. The van der Waals surface area contributed by atoms with Crippen molar-refractivity contribution in [3.8, 4) is 0 Å². The summed E-state index contributed by atoms with van der Waals surface area (Å²) < 4.78 is 0. The molecule has 0 rings (SSSR count). The van der Waals surface area contributed by atoms with Crippen molar-refractivity contribution >= 4 is 0 Å². The molecule has 0 fully saturated rings. The summed E-state index contributed by atoms with van der Waals surface area (Å²) in [7, 11) is 0. The van der Waals surface area contributed by atoms with Crippen molar-refractivity contribution in [2.75, 3.05) is 6.54 Å². The first-order chi connectivity index (χ1) is 8.60. The van der Waals surface area contributed by atoms with Gasteiger partial charge in [-0.05, 0) is 25.2 Å². The van der Waals surface area contributed by atoms with Crippen molar-refractivity contribution in [1.82, 2.24) is 5.01 Å². The molecule has 1 unspecified atom stereocenters. The van der Waals surface area contributed by atoms with E-state index in [1.54, 1.807) is 5.01 Å². The van der Waals surface area contributed by atoms with Crippen molar-refractivity contribution in [2.45, 2.75) is 72.1 Å². The zero-order valence-corrected chi connectivity index (χ0v) is 12.6. The standard InChI is InChI=1S/C15H33N3/c1-4-6-7-11-15(16)13-18(17)12-9-8-10-14(3)5-2/h13-14H,4-12,16-17H2,1-3H3/b15-13-. The van der Waals surface area contributed by atoms with E-state index in [0.29, 0.717) is 0 Å². The SMILES string of the molecule is CCCCC/C(N)=C/N(N)CCCCC(C)CC. The molecule has 0 radical (unpaired) electrons. The fraction of sp³-hybridized carbons (Fsp3) is 0.867. The highest BCUT2D eigenvalue weighted by Crippen LogP contribution is 2.11. The third kappa shape index (κ3) is 10.5. The number of hydrogen-bond donors (Lipinski definition) is 2. The van der Waals surface area contributed by atoms with Crippen LogP contribution in [0.15, 0.2) is 11.9 Å². The van der Waals surface area contributed by atoms with E-state index in [1.165, 1.54) is 38.5 Å². The van der Waals surface area contributed by atoms with Crippen molar-refractivity contribution in [2.24, 2.45) is 17.5 Å². The number of hydrazine groups is 1. The smallest absolute Gasteiger partial charge is 0.0342 e. The molecular formula is C15H33N3. The summed E-state index contributed by atoms with van der Waals surface area (Å²) in [5.74, 6) is 6.74. The van der Waals surface area contributed by atoms with Gasteiger partial charge in [0.05, 0.1) is 0 Å². The van der Waals surface area contributed by atoms with Crippen LogP contribution in [0.4, 0.5) is 0 Å². The predicted octanol–water partition coefficient (Wildman–Crippen LogP) is 3.76. The molecule has 1 atom stereocenters. The number of rotatable bonds is 11. The lowest BCUT2D eigenvalue weighted by molar-refractivity contribution is 0.363. The second kappa shape index (κ2) is 11.4. The van der Waals surface area contributed by atoms with E-state index >= 15 is 0 Å². The predicted molar refractivity (Wildman–Crippen MR) is 80.6 cm³/mol. The highest BCUT2D eigenvalue weighted by atomic mass is 15.4. The Morgan fingerprint density at radius 1 is 1.17 bits per heavy atom. The largest absolute Gasteiger partial charge is 0.401 e. The average molecular weight is 255 g/mol. The Morgan fingerprint density at radius 2 is 1.89 bits per heavy atom. The Bertz CT molecular complexity index is 214. The highest BCUT2D eigenvalue weighted by Gasteiger charge is 2.00. The van der Waals surface area contributed by atoms with Gasteiger partial charge in [-0.2, -0.15) is 0 Å². The lowest BCUT2D eigenvalue weighted by atomic mass is 10.0. The molecule has 0 spiro atoms. The van der Waals surface area contributed by atoms with Crippen LogP contribution in [0.2, 0.25) is 0 Å². The van der Waals surface area contributed by atoms with E-state index in [4.69, 9.17) is 11.6 Å². The molecule has 0 amide bonds. The molecule has 18 heavy (non-hydrogen) atoms. The minimum absolute atomic E-state index is 0.839. The Labute approximate surface area is 114 Å². The van der Waals surface area contributed by atoms with Crippen molar-refractivity contribution in [1.29, 1.82) is 0 Å². The van der Waals surface area contributed by atoms with Gasteiger partial charge in [-0.15, -0.1) is 0 Å². The maximum Gasteiger partial charge on any atom is 0.0342 e. The summed E-state index contributed by atoms with van der Waals surface area (Å²) in [6.07, 6.45) is 11.5. The molecule has 0 aliphatic heterocycles. The Kier molecular flexibility index (Phi) is 11.0. The van der Waals surface area contributed by atoms with Gasteiger partial charge >= 0.3 is 0 Å². The van der Waals surface area contributed by atoms with Gasteiger partial charge in [0.1, 0.15) is 0 Å². The molecule has 0 aromatic heterocycles. The van der Waals surface area contributed by atoms with Crippen LogP contribution in [-0.2, 0) is 0 Å². The van der Waals surface area contributed by atoms with Gasteiger partial charge in [-0.1, -0.05) is 52.9 Å². The molecule has 4 N–H and O–H groups in total. The fourth-order valence-electron chi connectivity index (χ4n) is 1.91. The first kappa shape index (κ1) is 17.3. The number of nitrogens with two attached hydrogens (primary N) is 2. The van der Waals surface area contributed by atoms with Gasteiger partial charge in [0.2, 0.25) is 0 Å². The molecule has 0 bridgehead atoms. The average Bonchev–Trinajstić information content (AvgIpc) is 2.34. The fourth-order valence-corrected chi connectivity index (χ4v) is 1.91. The number of nitrogens with zero attached hydrogens (tertiary/aromatic N) is 1. The Hall–Kier alpha value is -0.700. The Balaban J connectivity index is 3.61. The topological polar surface area (TPSA) is 55.3 Å². The van der Waals surface area contributed by atoms with E-state index in [9.17, 15) is 0 Å². The number of allylic oxidation sites excluding steroid dienone is 1. The zero-order chi connectivity index (χ0) is 13.8. The minimum Gasteiger partial charge on any atom is -0.401 e. The van der Waals surface area contributed by atoms with Crippen LogP contribution in [0.5, 0.6) is 0 Å². The van der Waals surface area contributed by atoms with Crippen molar-refractivity contribution < 1.29 is 0 Å². The van der Waals surface area contributed by atoms with Gasteiger partial charge in [0.15, 0.2) is 0 Å². The molecule has 3 nitrogen and oxygen atoms in total. The van der Waals surface area contributed by atoms with E-state index in [0.717, 1.165) is 31.0 Å². The van der Waals surface area contributed by atoms with Crippen molar-refractivity contribution in [3.63, 3.8) is 0 Å². The third-order valence-corrected chi connectivity index (χ3v) is 3.46. The molecule has 0 aliphatic carbocycles. The summed E-state index contributed by atoms with van der Waals surface area (Å²) in [4.78, 5) is 0. The Morgan fingerprint density at radius 3 is 2.50 bits per heavy atom. The van der Waals surface area contributed by atoms with Gasteiger partial charge < -0.3 is 10.7 Å². The normalized spacial score (nSPS) is 13.7. The molecular weight excluding hydrogens is 222 g/mol. The molecule has 0 saturated carbocycles. The monoisotopic (exact) mass is 255 g/mol. The number of unbranched alkanes of at least 4 members (excludes halogenated alkanes) is 3. The van der Waals surface area contributed by atoms with E-state index < -0.39 is 0 Å². The van der Waals surface area contributed by atoms with Crippen LogP contribution < -0.4 is 11.6 Å². The van der Waals surface area contributed by atoms with E-state index in [1.807, 2.05) is 6.20 Å². The molecule has 0 heterocycles. The van der Waals surface area contributed by atoms with Gasteiger partial charge in [0, 0.05) is 18.4 Å². The van der Waals surface area contributed by atoms with Crippen molar-refractivity contribution in [3.05, 3.63) is 11.9 Å². The zero-order valence-electron chi connectivity index (χ0n) is 12.6. The first-order valence-electron chi connectivity index (χ1n) is 7.57. The quantitative estimate of drug-likeness (QED) is 0.336. The van der Waals surface area contributed by atoms with Crippen LogP contribution in [-0.4, -0.2) is 11.6 Å². The van der Waals surface area contributed by atoms with Gasteiger partial charge in [0.25, 0.3) is 0 Å². The molecule has 0 aliphatic rings. The van der Waals surface area contributed by atoms with E-state index in [2.05, 4.69) is 20.8 Å². The molecule has 3 heteroatoms. The highest BCUT2D eigenvalue weighted by molar-refractivity contribution is 4.94. The van der Waals surface area contributed by atoms with Crippen LogP contribution in [0, 0.1) is 5.92 Å². The summed E-state index contributed by atoms with van der Waals surface area (Å²) in [6.45, 7) is 7.67. The van der Waals surface area contributed by atoms with Crippen LogP contribution in [0.3, 0.4) is 0 Å². The molecule has 108 valence electrons. The maximum absolute atomic E-state index is 5.93. The van der Waals surface area contributed by atoms with Gasteiger partial charge in [-0.25, -0.2) is 5.84 Å². The molecule has 0 aromatic carbocycles. The third-order valence-electron chi connectivity index (χ3n) is 3.46. The van der Waals surface area contributed by atoms with Crippen LogP contribution in [0.1, 0.15) is 72.1 Å². The number of hydrogen-bond acceptors (Lipinski definition) is 3. The minimum atomic E-state index is 0.839. The second-order valence-electron chi connectivity index (χ2n) is 5.41.